The smallest absolute Gasteiger partial charge is 0.332 e. The summed E-state index contributed by atoms with van der Waals surface area (Å²) in [6, 6.07) is 4.88. The lowest BCUT2D eigenvalue weighted by Gasteiger charge is -2.10. The highest BCUT2D eigenvalue weighted by molar-refractivity contribution is 9.10. The molecule has 2 heterocycles. The molecule has 27 heavy (non-hydrogen) atoms. The van der Waals surface area contributed by atoms with Gasteiger partial charge in [0.25, 0.3) is 5.56 Å². The van der Waals surface area contributed by atoms with Gasteiger partial charge in [-0.05, 0) is 33.6 Å². The van der Waals surface area contributed by atoms with Crippen LogP contribution < -0.4 is 17.0 Å². The number of benzene rings is 1. The van der Waals surface area contributed by atoms with E-state index in [0.29, 0.717) is 20.3 Å². The molecule has 0 unspecified atom stereocenters. The molecule has 0 saturated carbocycles. The third-order valence-corrected chi connectivity index (χ3v) is 5.44. The molecule has 2 aromatic heterocycles. The third-order valence-electron chi connectivity index (χ3n) is 4.09. The normalized spacial score (nSPS) is 11.3. The molecule has 0 aliphatic heterocycles. The van der Waals surface area contributed by atoms with E-state index in [0.717, 1.165) is 4.57 Å². The molecule has 0 aliphatic rings. The number of rotatable bonds is 5. The second-order valence-electron chi connectivity index (χ2n) is 5.90. The van der Waals surface area contributed by atoms with E-state index in [1.54, 1.807) is 18.2 Å². The molecule has 0 spiro atoms. The summed E-state index contributed by atoms with van der Waals surface area (Å²) in [5.41, 5.74) is 5.21. The van der Waals surface area contributed by atoms with Crippen molar-refractivity contribution in [1.82, 2.24) is 18.7 Å². The molecule has 3 rings (SSSR count). The van der Waals surface area contributed by atoms with E-state index in [-0.39, 0.29) is 30.7 Å². The number of hydrogen-bond acceptors (Lipinski definition) is 4. The number of aromatic nitrogens is 4. The van der Waals surface area contributed by atoms with E-state index < -0.39 is 17.2 Å². The summed E-state index contributed by atoms with van der Waals surface area (Å²) in [6.45, 7) is 0.170. The van der Waals surface area contributed by atoms with Crippen LogP contribution in [0.2, 0.25) is 10.0 Å². The molecule has 2 N–H and O–H groups in total. The lowest BCUT2D eigenvalue weighted by molar-refractivity contribution is -0.118. The van der Waals surface area contributed by atoms with Crippen molar-refractivity contribution in [3.63, 3.8) is 0 Å². The molecule has 0 fully saturated rings. The van der Waals surface area contributed by atoms with Crippen molar-refractivity contribution in [2.45, 2.75) is 19.5 Å². The first-order valence-corrected chi connectivity index (χ1v) is 9.33. The van der Waals surface area contributed by atoms with Gasteiger partial charge < -0.3 is 10.3 Å². The molecule has 0 bridgehead atoms. The van der Waals surface area contributed by atoms with E-state index >= 15 is 0 Å². The Kier molecular flexibility index (Phi) is 5.45. The van der Waals surface area contributed by atoms with Gasteiger partial charge in [-0.15, -0.1) is 0 Å². The number of nitrogens with two attached hydrogens (primary N) is 1. The fourth-order valence-corrected chi connectivity index (χ4v) is 3.57. The first-order chi connectivity index (χ1) is 12.7. The van der Waals surface area contributed by atoms with Gasteiger partial charge in [-0.3, -0.25) is 18.7 Å². The fourth-order valence-electron chi connectivity index (χ4n) is 2.73. The van der Waals surface area contributed by atoms with E-state index in [2.05, 4.69) is 20.9 Å². The molecule has 3 aromatic rings. The minimum atomic E-state index is -0.526. The number of primary amides is 1. The molecule has 1 aromatic carbocycles. The molecule has 142 valence electrons. The van der Waals surface area contributed by atoms with Crippen molar-refractivity contribution in [1.29, 1.82) is 0 Å². The van der Waals surface area contributed by atoms with Gasteiger partial charge in [-0.25, -0.2) is 9.78 Å². The van der Waals surface area contributed by atoms with Crippen molar-refractivity contribution in [2.75, 3.05) is 0 Å². The van der Waals surface area contributed by atoms with Gasteiger partial charge in [-0.1, -0.05) is 29.3 Å². The van der Waals surface area contributed by atoms with Crippen LogP contribution in [0.15, 0.2) is 32.5 Å². The largest absolute Gasteiger partial charge is 0.370 e. The van der Waals surface area contributed by atoms with Crippen LogP contribution in [0.25, 0.3) is 11.2 Å². The molecule has 0 saturated heterocycles. The maximum absolute atomic E-state index is 13.0. The van der Waals surface area contributed by atoms with Gasteiger partial charge in [-0.2, -0.15) is 0 Å². The van der Waals surface area contributed by atoms with Gasteiger partial charge in [0.1, 0.15) is 0 Å². The average molecular weight is 475 g/mol. The molecule has 0 radical (unpaired) electrons. The monoisotopic (exact) mass is 473 g/mol. The summed E-state index contributed by atoms with van der Waals surface area (Å²) in [5.74, 6) is -0.510. The van der Waals surface area contributed by atoms with E-state index in [1.165, 1.54) is 16.2 Å². The van der Waals surface area contributed by atoms with Crippen LogP contribution in [0.5, 0.6) is 0 Å². The summed E-state index contributed by atoms with van der Waals surface area (Å²) in [5, 5.41) is 0.707. The Labute approximate surface area is 171 Å². The first-order valence-electron chi connectivity index (χ1n) is 7.78. The Hall–Kier alpha value is -2.10. The molecule has 11 heteroatoms. The van der Waals surface area contributed by atoms with Crippen LogP contribution in [-0.2, 0) is 24.9 Å². The topological polar surface area (TPSA) is 105 Å². The number of hydrogen-bond donors (Lipinski definition) is 1. The van der Waals surface area contributed by atoms with E-state index in [1.807, 2.05) is 0 Å². The minimum Gasteiger partial charge on any atom is -0.370 e. The molecule has 0 aliphatic carbocycles. The van der Waals surface area contributed by atoms with E-state index in [4.69, 9.17) is 28.9 Å². The van der Waals surface area contributed by atoms with Gasteiger partial charge in [0.2, 0.25) is 5.91 Å². The Morgan fingerprint density at radius 2 is 1.93 bits per heavy atom. The van der Waals surface area contributed by atoms with Crippen LogP contribution in [0.4, 0.5) is 0 Å². The Morgan fingerprint density at radius 3 is 2.56 bits per heavy atom. The first kappa shape index (κ1) is 19.7. The third kappa shape index (κ3) is 3.67. The molecule has 0 atom stereocenters. The minimum absolute atomic E-state index is 0.0109. The maximum atomic E-state index is 13.0. The van der Waals surface area contributed by atoms with Crippen molar-refractivity contribution >= 4 is 56.2 Å². The number of nitrogens with zero attached hydrogens (tertiary/aromatic N) is 4. The number of carbonyl (C=O) groups is 1. The summed E-state index contributed by atoms with van der Waals surface area (Å²) >= 11 is 15.2. The summed E-state index contributed by atoms with van der Waals surface area (Å²) in [6.07, 6.45) is 0.0269. The second kappa shape index (κ2) is 7.49. The summed E-state index contributed by atoms with van der Waals surface area (Å²) in [7, 11) is 1.52. The molecular weight excluding hydrogens is 461 g/mol. The van der Waals surface area contributed by atoms with Gasteiger partial charge in [0, 0.05) is 20.0 Å². The van der Waals surface area contributed by atoms with Gasteiger partial charge >= 0.3 is 5.69 Å². The average Bonchev–Trinajstić information content (AvgIpc) is 2.94. The predicted octanol–water partition coefficient (Wildman–Crippen LogP) is 1.89. The van der Waals surface area contributed by atoms with Crippen molar-refractivity contribution in [3.8, 4) is 0 Å². The van der Waals surface area contributed by atoms with Gasteiger partial charge in [0.15, 0.2) is 15.9 Å². The zero-order valence-electron chi connectivity index (χ0n) is 14.1. The lowest BCUT2D eigenvalue weighted by atomic mass is 10.2. The summed E-state index contributed by atoms with van der Waals surface area (Å²) < 4.78 is 4.21. The van der Waals surface area contributed by atoms with Crippen molar-refractivity contribution in [3.05, 3.63) is 59.4 Å². The lowest BCUT2D eigenvalue weighted by Crippen LogP contribution is -2.40. The highest BCUT2D eigenvalue weighted by Crippen LogP contribution is 2.23. The quantitative estimate of drug-likeness (QED) is 0.570. The van der Waals surface area contributed by atoms with Crippen LogP contribution in [-0.4, -0.2) is 24.6 Å². The summed E-state index contributed by atoms with van der Waals surface area (Å²) in [4.78, 5) is 41.1. The highest BCUT2D eigenvalue weighted by Gasteiger charge is 2.19. The number of aryl methyl sites for hydroxylation is 2. The number of fused-ring (bicyclic) bond motifs is 1. The second-order valence-corrected chi connectivity index (χ2v) is 7.43. The van der Waals surface area contributed by atoms with Crippen molar-refractivity contribution in [2.24, 2.45) is 12.8 Å². The Bertz CT molecular complexity index is 1180. The van der Waals surface area contributed by atoms with Gasteiger partial charge in [0.05, 0.1) is 16.6 Å². The molecule has 1 amide bonds. The standard InChI is InChI=1S/C16H14BrCl2N5O3/c1-22-13-12(23(15(17)21-13)5-4-11(20)25)14(26)24(16(22)27)7-8-2-3-9(18)10(19)6-8/h2-3,6H,4-5,7H2,1H3,(H2,20,25). The van der Waals surface area contributed by atoms with Crippen LogP contribution in [0.1, 0.15) is 12.0 Å². The highest BCUT2D eigenvalue weighted by atomic mass is 79.9. The molecule has 8 nitrogen and oxygen atoms in total. The number of amides is 1. The number of halogens is 3. The van der Waals surface area contributed by atoms with E-state index in [9.17, 15) is 14.4 Å². The zero-order chi connectivity index (χ0) is 19.9. The molecular formula is C16H14BrCl2N5O3. The van der Waals surface area contributed by atoms with Crippen LogP contribution >= 0.6 is 39.1 Å². The Balaban J connectivity index is 2.19. The number of carbonyl (C=O) groups excluding carboxylic acids is 1. The Morgan fingerprint density at radius 1 is 1.22 bits per heavy atom. The predicted molar refractivity (Wildman–Crippen MR) is 106 cm³/mol. The zero-order valence-corrected chi connectivity index (χ0v) is 17.2. The van der Waals surface area contributed by atoms with Crippen LogP contribution in [0, 0.1) is 0 Å². The SMILES string of the molecule is Cn1c(=O)n(Cc2ccc(Cl)c(Cl)c2)c(=O)c2c1nc(Br)n2CCC(N)=O. The van der Waals surface area contributed by atoms with Crippen molar-refractivity contribution < 1.29 is 4.79 Å². The van der Waals surface area contributed by atoms with Crippen LogP contribution in [0.3, 0.4) is 0 Å². The number of imidazole rings is 1. The maximum Gasteiger partial charge on any atom is 0.332 e. The fraction of sp³-hybridized carbons (Fsp3) is 0.250.